The summed E-state index contributed by atoms with van der Waals surface area (Å²) in [5, 5.41) is 19.6. The van der Waals surface area contributed by atoms with Crippen LogP contribution in [0.25, 0.3) is 10.9 Å². The lowest BCUT2D eigenvalue weighted by Gasteiger charge is -2.13. The number of carbonyl (C=O) groups is 1. The van der Waals surface area contributed by atoms with Crippen molar-refractivity contribution in [3.05, 3.63) is 24.4 Å². The number of hydrogen-bond donors (Lipinski definition) is 3. The van der Waals surface area contributed by atoms with Gasteiger partial charge in [-0.2, -0.15) is 5.10 Å². The molecule has 2 aromatic rings. The van der Waals surface area contributed by atoms with E-state index < -0.39 is 12.0 Å². The fourth-order valence-corrected chi connectivity index (χ4v) is 1.57. The van der Waals surface area contributed by atoms with Gasteiger partial charge in [-0.1, -0.05) is 6.92 Å². The van der Waals surface area contributed by atoms with Crippen LogP contribution in [0.2, 0.25) is 0 Å². The van der Waals surface area contributed by atoms with Crippen molar-refractivity contribution >= 4 is 22.6 Å². The quantitative estimate of drug-likeness (QED) is 0.733. The van der Waals surface area contributed by atoms with Gasteiger partial charge in [0.2, 0.25) is 0 Å². The van der Waals surface area contributed by atoms with Crippen LogP contribution < -0.4 is 5.32 Å². The van der Waals surface area contributed by atoms with Gasteiger partial charge >= 0.3 is 5.97 Å². The zero-order valence-corrected chi connectivity index (χ0v) is 8.90. The van der Waals surface area contributed by atoms with Gasteiger partial charge in [-0.25, -0.2) is 4.79 Å². The number of aromatic amines is 1. The minimum atomic E-state index is -0.838. The predicted molar refractivity (Wildman–Crippen MR) is 61.4 cm³/mol. The van der Waals surface area contributed by atoms with Crippen LogP contribution >= 0.6 is 0 Å². The molecule has 5 nitrogen and oxygen atoms in total. The molecule has 1 aromatic carbocycles. The Balaban J connectivity index is 2.23. The Hall–Kier alpha value is -2.04. The summed E-state index contributed by atoms with van der Waals surface area (Å²) in [6.07, 6.45) is 2.25. The van der Waals surface area contributed by atoms with E-state index in [0.717, 1.165) is 16.6 Å². The van der Waals surface area contributed by atoms with Gasteiger partial charge in [0.1, 0.15) is 6.04 Å². The maximum absolute atomic E-state index is 10.9. The number of nitrogens with one attached hydrogen (secondary N) is 2. The number of carboxylic acid groups (broad SMARTS) is 1. The number of aromatic nitrogens is 2. The van der Waals surface area contributed by atoms with Crippen LogP contribution in [0.5, 0.6) is 0 Å². The van der Waals surface area contributed by atoms with E-state index in [1.54, 1.807) is 6.20 Å². The van der Waals surface area contributed by atoms with Crippen molar-refractivity contribution in [2.24, 2.45) is 0 Å². The number of nitrogens with zero attached hydrogens (tertiary/aromatic N) is 1. The summed E-state index contributed by atoms with van der Waals surface area (Å²) in [6.45, 7) is 1.84. The fourth-order valence-electron chi connectivity index (χ4n) is 1.57. The van der Waals surface area contributed by atoms with Crippen molar-refractivity contribution in [2.75, 3.05) is 5.32 Å². The van der Waals surface area contributed by atoms with Crippen LogP contribution in [-0.4, -0.2) is 27.3 Å². The highest BCUT2D eigenvalue weighted by Crippen LogP contribution is 2.17. The SMILES string of the molecule is CCC(Nc1ccc2[nH]ncc2c1)C(=O)O. The van der Waals surface area contributed by atoms with Gasteiger partial charge in [0.25, 0.3) is 0 Å². The van der Waals surface area contributed by atoms with Crippen LogP contribution in [0.3, 0.4) is 0 Å². The summed E-state index contributed by atoms with van der Waals surface area (Å²) in [5.41, 5.74) is 1.73. The zero-order chi connectivity index (χ0) is 11.5. The molecule has 0 fully saturated rings. The monoisotopic (exact) mass is 219 g/mol. The number of H-pyrrole nitrogens is 1. The number of carboxylic acids is 1. The molecular formula is C11H13N3O2. The molecule has 1 aromatic heterocycles. The van der Waals surface area contributed by atoms with E-state index >= 15 is 0 Å². The molecule has 5 heteroatoms. The molecule has 0 spiro atoms. The molecule has 0 saturated heterocycles. The Bertz CT molecular complexity index is 507. The second-order valence-electron chi connectivity index (χ2n) is 3.62. The molecule has 0 amide bonds. The van der Waals surface area contributed by atoms with Crippen molar-refractivity contribution in [3.8, 4) is 0 Å². The molecule has 0 aliphatic rings. The Labute approximate surface area is 92.5 Å². The average molecular weight is 219 g/mol. The van der Waals surface area contributed by atoms with E-state index in [9.17, 15) is 4.79 Å². The third kappa shape index (κ3) is 1.98. The van der Waals surface area contributed by atoms with Gasteiger partial charge in [-0.15, -0.1) is 0 Å². The number of rotatable bonds is 4. The predicted octanol–water partition coefficient (Wildman–Crippen LogP) is 1.84. The van der Waals surface area contributed by atoms with Crippen molar-refractivity contribution in [1.82, 2.24) is 10.2 Å². The molecule has 0 saturated carbocycles. The van der Waals surface area contributed by atoms with Crippen LogP contribution in [-0.2, 0) is 4.79 Å². The topological polar surface area (TPSA) is 78.0 Å². The number of hydrogen-bond acceptors (Lipinski definition) is 3. The molecule has 1 unspecified atom stereocenters. The molecule has 0 radical (unpaired) electrons. The molecule has 0 aliphatic carbocycles. The first kappa shape index (κ1) is 10.5. The number of fused-ring (bicyclic) bond motifs is 1. The first-order valence-electron chi connectivity index (χ1n) is 5.13. The Kier molecular flexibility index (Phi) is 2.76. The van der Waals surface area contributed by atoms with E-state index in [1.807, 2.05) is 25.1 Å². The summed E-state index contributed by atoms with van der Waals surface area (Å²) in [4.78, 5) is 10.9. The highest BCUT2D eigenvalue weighted by molar-refractivity contribution is 5.83. The summed E-state index contributed by atoms with van der Waals surface area (Å²) in [6, 6.07) is 5.04. The van der Waals surface area contributed by atoms with Crippen molar-refractivity contribution in [2.45, 2.75) is 19.4 Å². The van der Waals surface area contributed by atoms with Crippen LogP contribution in [0.15, 0.2) is 24.4 Å². The lowest BCUT2D eigenvalue weighted by Crippen LogP contribution is -2.28. The summed E-state index contributed by atoms with van der Waals surface area (Å²) in [7, 11) is 0. The number of anilines is 1. The number of benzene rings is 1. The largest absolute Gasteiger partial charge is 0.480 e. The Morgan fingerprint density at radius 1 is 1.62 bits per heavy atom. The van der Waals surface area contributed by atoms with Gasteiger partial charge in [0, 0.05) is 11.1 Å². The van der Waals surface area contributed by atoms with Gasteiger partial charge in [-0.05, 0) is 24.6 Å². The van der Waals surface area contributed by atoms with Gasteiger partial charge < -0.3 is 10.4 Å². The molecule has 84 valence electrons. The van der Waals surface area contributed by atoms with Gasteiger partial charge in [0.15, 0.2) is 0 Å². The highest BCUT2D eigenvalue weighted by atomic mass is 16.4. The van der Waals surface area contributed by atoms with E-state index in [4.69, 9.17) is 5.11 Å². The number of aliphatic carboxylic acids is 1. The first-order valence-corrected chi connectivity index (χ1v) is 5.13. The van der Waals surface area contributed by atoms with E-state index in [0.29, 0.717) is 6.42 Å². The summed E-state index contributed by atoms with van der Waals surface area (Å²) >= 11 is 0. The molecule has 16 heavy (non-hydrogen) atoms. The van der Waals surface area contributed by atoms with Gasteiger partial charge in [0.05, 0.1) is 11.7 Å². The molecule has 2 rings (SSSR count). The van der Waals surface area contributed by atoms with E-state index in [1.165, 1.54) is 0 Å². The molecular weight excluding hydrogens is 206 g/mol. The lowest BCUT2D eigenvalue weighted by molar-refractivity contribution is -0.137. The van der Waals surface area contributed by atoms with Gasteiger partial charge in [-0.3, -0.25) is 5.10 Å². The molecule has 3 N–H and O–H groups in total. The smallest absolute Gasteiger partial charge is 0.326 e. The maximum atomic E-state index is 10.9. The second-order valence-corrected chi connectivity index (χ2v) is 3.62. The van der Waals surface area contributed by atoms with Crippen LogP contribution in [0.4, 0.5) is 5.69 Å². The average Bonchev–Trinajstić information content (AvgIpc) is 2.72. The third-order valence-electron chi connectivity index (χ3n) is 2.49. The van der Waals surface area contributed by atoms with Crippen LogP contribution in [0.1, 0.15) is 13.3 Å². The Morgan fingerprint density at radius 3 is 3.12 bits per heavy atom. The van der Waals surface area contributed by atoms with Crippen molar-refractivity contribution in [3.63, 3.8) is 0 Å². The van der Waals surface area contributed by atoms with Crippen molar-refractivity contribution < 1.29 is 9.90 Å². The normalized spacial score (nSPS) is 12.6. The van der Waals surface area contributed by atoms with Crippen molar-refractivity contribution in [1.29, 1.82) is 0 Å². The minimum absolute atomic E-state index is 0.540. The molecule has 0 aliphatic heterocycles. The first-order chi connectivity index (χ1) is 7.70. The zero-order valence-electron chi connectivity index (χ0n) is 8.90. The summed E-state index contributed by atoms with van der Waals surface area (Å²) in [5.74, 6) is -0.838. The standard InChI is InChI=1S/C11H13N3O2/c1-2-9(11(15)16)13-8-3-4-10-7(5-8)6-12-14-10/h3-6,9,13H,2H2,1H3,(H,12,14)(H,15,16). The van der Waals surface area contributed by atoms with E-state index in [2.05, 4.69) is 15.5 Å². The maximum Gasteiger partial charge on any atom is 0.326 e. The minimum Gasteiger partial charge on any atom is -0.480 e. The third-order valence-corrected chi connectivity index (χ3v) is 2.49. The fraction of sp³-hybridized carbons (Fsp3) is 0.273. The Morgan fingerprint density at radius 2 is 2.44 bits per heavy atom. The van der Waals surface area contributed by atoms with E-state index in [-0.39, 0.29) is 0 Å². The molecule has 1 atom stereocenters. The summed E-state index contributed by atoms with van der Waals surface area (Å²) < 4.78 is 0. The van der Waals surface area contributed by atoms with Crippen LogP contribution in [0, 0.1) is 0 Å². The molecule has 1 heterocycles. The molecule has 0 bridgehead atoms. The second kappa shape index (κ2) is 4.22. The highest BCUT2D eigenvalue weighted by Gasteiger charge is 2.14. The lowest BCUT2D eigenvalue weighted by atomic mass is 10.2.